The van der Waals surface area contributed by atoms with E-state index in [2.05, 4.69) is 4.42 Å². The van der Waals surface area contributed by atoms with Crippen LogP contribution in [0.3, 0.4) is 0 Å². The van der Waals surface area contributed by atoms with Crippen LogP contribution in [0.15, 0.2) is 27.6 Å². The summed E-state index contributed by atoms with van der Waals surface area (Å²) in [7, 11) is 0. The summed E-state index contributed by atoms with van der Waals surface area (Å²) in [6.45, 7) is 2.87. The van der Waals surface area contributed by atoms with Crippen molar-refractivity contribution in [3.63, 3.8) is 0 Å². The molecule has 1 N–H and O–H groups in total. The number of carboxylic acids is 1. The second-order valence-corrected chi connectivity index (χ2v) is 4.62. The predicted octanol–water partition coefficient (Wildman–Crippen LogP) is -0.128. The fourth-order valence-electron chi connectivity index (χ4n) is 2.09. The Balaban J connectivity index is 1.87. The Labute approximate surface area is 115 Å². The molecule has 7 heteroatoms. The van der Waals surface area contributed by atoms with Crippen LogP contribution in [0.2, 0.25) is 0 Å². The zero-order valence-electron chi connectivity index (χ0n) is 10.9. The van der Waals surface area contributed by atoms with Crippen LogP contribution in [0.1, 0.15) is 16.8 Å². The van der Waals surface area contributed by atoms with Crippen molar-refractivity contribution >= 4 is 11.9 Å². The van der Waals surface area contributed by atoms with Gasteiger partial charge in [0.1, 0.15) is 6.26 Å². The van der Waals surface area contributed by atoms with E-state index in [1.54, 1.807) is 4.90 Å². The number of rotatable bonds is 4. The number of amides is 1. The van der Waals surface area contributed by atoms with Gasteiger partial charge in [0, 0.05) is 38.8 Å². The minimum absolute atomic E-state index is 0.109. The van der Waals surface area contributed by atoms with E-state index in [0.29, 0.717) is 38.3 Å². The lowest BCUT2D eigenvalue weighted by Gasteiger charge is -2.34. The minimum Gasteiger partial charge on any atom is -0.481 e. The van der Waals surface area contributed by atoms with Gasteiger partial charge in [-0.1, -0.05) is 0 Å². The number of hydrogen-bond donors (Lipinski definition) is 1. The molecule has 1 aromatic rings. The average molecular weight is 280 g/mol. The second kappa shape index (κ2) is 6.33. The maximum atomic E-state index is 12.1. The van der Waals surface area contributed by atoms with E-state index in [9.17, 15) is 14.4 Å². The Morgan fingerprint density at radius 1 is 1.20 bits per heavy atom. The number of carbonyl (C=O) groups is 2. The molecule has 2 heterocycles. The SMILES string of the molecule is O=C(O)CCN1CCN(C(=O)c2ccc(=O)oc2)CC1. The molecule has 0 unspecified atom stereocenters. The normalized spacial score (nSPS) is 16.1. The maximum Gasteiger partial charge on any atom is 0.335 e. The molecule has 2 rings (SSSR count). The number of piperazine rings is 1. The highest BCUT2D eigenvalue weighted by Gasteiger charge is 2.22. The molecule has 7 nitrogen and oxygen atoms in total. The van der Waals surface area contributed by atoms with E-state index in [4.69, 9.17) is 5.11 Å². The first-order chi connectivity index (χ1) is 9.56. The molecule has 108 valence electrons. The largest absolute Gasteiger partial charge is 0.481 e. The Morgan fingerprint density at radius 3 is 2.45 bits per heavy atom. The van der Waals surface area contributed by atoms with E-state index in [0.717, 1.165) is 0 Å². The van der Waals surface area contributed by atoms with Crippen LogP contribution < -0.4 is 5.63 Å². The van der Waals surface area contributed by atoms with Crippen LogP contribution in [-0.4, -0.2) is 59.5 Å². The number of nitrogens with zero attached hydrogens (tertiary/aromatic N) is 2. The van der Waals surface area contributed by atoms with Gasteiger partial charge >= 0.3 is 11.6 Å². The summed E-state index contributed by atoms with van der Waals surface area (Å²) >= 11 is 0. The van der Waals surface area contributed by atoms with Gasteiger partial charge in [0.2, 0.25) is 0 Å². The molecule has 0 aliphatic carbocycles. The number of aliphatic carboxylic acids is 1. The molecule has 0 spiro atoms. The molecule has 0 aromatic carbocycles. The van der Waals surface area contributed by atoms with Crippen LogP contribution in [-0.2, 0) is 4.79 Å². The zero-order chi connectivity index (χ0) is 14.5. The fourth-order valence-corrected chi connectivity index (χ4v) is 2.09. The Kier molecular flexibility index (Phi) is 4.52. The van der Waals surface area contributed by atoms with Crippen LogP contribution >= 0.6 is 0 Å². The first kappa shape index (κ1) is 14.3. The van der Waals surface area contributed by atoms with E-state index in [1.807, 2.05) is 4.90 Å². The highest BCUT2D eigenvalue weighted by molar-refractivity contribution is 5.93. The lowest BCUT2D eigenvalue weighted by atomic mass is 10.2. The van der Waals surface area contributed by atoms with Crippen LogP contribution in [0.25, 0.3) is 0 Å². The lowest BCUT2D eigenvalue weighted by molar-refractivity contribution is -0.137. The van der Waals surface area contributed by atoms with E-state index in [1.165, 1.54) is 18.4 Å². The van der Waals surface area contributed by atoms with Gasteiger partial charge in [-0.15, -0.1) is 0 Å². The molecule has 0 atom stereocenters. The zero-order valence-corrected chi connectivity index (χ0v) is 10.9. The van der Waals surface area contributed by atoms with Crippen molar-refractivity contribution in [3.05, 3.63) is 34.4 Å². The summed E-state index contributed by atoms with van der Waals surface area (Å²) in [6, 6.07) is 2.67. The summed E-state index contributed by atoms with van der Waals surface area (Å²) in [5, 5.41) is 8.63. The third-order valence-corrected chi connectivity index (χ3v) is 3.25. The molecule has 20 heavy (non-hydrogen) atoms. The smallest absolute Gasteiger partial charge is 0.335 e. The monoisotopic (exact) mass is 280 g/mol. The maximum absolute atomic E-state index is 12.1. The van der Waals surface area contributed by atoms with Crippen LogP contribution in [0, 0.1) is 0 Å². The standard InChI is InChI=1S/C13H16N2O5/c16-11(17)3-4-14-5-7-15(8-6-14)13(19)10-1-2-12(18)20-9-10/h1-2,9H,3-8H2,(H,16,17). The summed E-state index contributed by atoms with van der Waals surface area (Å²) < 4.78 is 4.68. The highest BCUT2D eigenvalue weighted by Crippen LogP contribution is 2.08. The molecule has 0 saturated carbocycles. The van der Waals surface area contributed by atoms with Crippen molar-refractivity contribution in [2.45, 2.75) is 6.42 Å². The molecule has 0 bridgehead atoms. The van der Waals surface area contributed by atoms with Crippen LogP contribution in [0.4, 0.5) is 0 Å². The lowest BCUT2D eigenvalue weighted by Crippen LogP contribution is -2.49. The molecule has 1 aliphatic rings. The van der Waals surface area contributed by atoms with Gasteiger partial charge in [-0.3, -0.25) is 14.5 Å². The molecule has 1 amide bonds. The van der Waals surface area contributed by atoms with Crippen molar-refractivity contribution < 1.29 is 19.1 Å². The molecule has 1 aromatic heterocycles. The highest BCUT2D eigenvalue weighted by atomic mass is 16.4. The second-order valence-electron chi connectivity index (χ2n) is 4.62. The number of carbonyl (C=O) groups excluding carboxylic acids is 1. The summed E-state index contributed by atoms with van der Waals surface area (Å²) in [5.41, 5.74) is -0.136. The summed E-state index contributed by atoms with van der Waals surface area (Å²) in [6.07, 6.45) is 1.28. The topological polar surface area (TPSA) is 91.1 Å². The Hall–Kier alpha value is -2.15. The third kappa shape index (κ3) is 3.67. The van der Waals surface area contributed by atoms with Gasteiger partial charge in [-0.2, -0.15) is 0 Å². The molecule has 1 fully saturated rings. The van der Waals surface area contributed by atoms with Gasteiger partial charge in [0.05, 0.1) is 12.0 Å². The van der Waals surface area contributed by atoms with Crippen molar-refractivity contribution in [2.75, 3.05) is 32.7 Å². The van der Waals surface area contributed by atoms with Crippen LogP contribution in [0.5, 0.6) is 0 Å². The van der Waals surface area contributed by atoms with Gasteiger partial charge in [0.25, 0.3) is 5.91 Å². The average Bonchev–Trinajstić information content (AvgIpc) is 2.46. The van der Waals surface area contributed by atoms with Gasteiger partial charge < -0.3 is 14.4 Å². The molecule has 0 radical (unpaired) electrons. The van der Waals surface area contributed by atoms with E-state index >= 15 is 0 Å². The summed E-state index contributed by atoms with van der Waals surface area (Å²) in [4.78, 5) is 37.2. The van der Waals surface area contributed by atoms with Crippen molar-refractivity contribution in [1.29, 1.82) is 0 Å². The van der Waals surface area contributed by atoms with Crippen molar-refractivity contribution in [3.8, 4) is 0 Å². The summed E-state index contributed by atoms with van der Waals surface area (Å²) in [5.74, 6) is -0.991. The van der Waals surface area contributed by atoms with Crippen molar-refractivity contribution in [2.24, 2.45) is 0 Å². The quantitative estimate of drug-likeness (QED) is 0.826. The first-order valence-corrected chi connectivity index (χ1v) is 6.38. The van der Waals surface area contributed by atoms with Gasteiger partial charge in [-0.05, 0) is 6.07 Å². The van der Waals surface area contributed by atoms with E-state index < -0.39 is 11.6 Å². The molecular formula is C13H16N2O5. The first-order valence-electron chi connectivity index (χ1n) is 6.38. The predicted molar refractivity (Wildman–Crippen MR) is 69.6 cm³/mol. The fraction of sp³-hybridized carbons (Fsp3) is 0.462. The van der Waals surface area contributed by atoms with E-state index in [-0.39, 0.29) is 12.3 Å². The number of carboxylic acid groups (broad SMARTS) is 1. The minimum atomic E-state index is -0.817. The number of hydrogen-bond acceptors (Lipinski definition) is 5. The van der Waals surface area contributed by atoms with Crippen molar-refractivity contribution in [1.82, 2.24) is 9.80 Å². The van der Waals surface area contributed by atoms with Gasteiger partial charge in [0.15, 0.2) is 0 Å². The molecule has 1 saturated heterocycles. The molecular weight excluding hydrogens is 264 g/mol. The molecule has 1 aliphatic heterocycles. The Morgan fingerprint density at radius 2 is 1.90 bits per heavy atom. The third-order valence-electron chi connectivity index (χ3n) is 3.25. The Bertz CT molecular complexity index is 525. The van der Waals surface area contributed by atoms with Gasteiger partial charge in [-0.25, -0.2) is 4.79 Å².